The number of ether oxygens (including phenoxy) is 2. The van der Waals surface area contributed by atoms with Crippen molar-refractivity contribution in [1.82, 2.24) is 9.80 Å². The van der Waals surface area contributed by atoms with Gasteiger partial charge in [0.25, 0.3) is 5.91 Å². The first-order valence-electron chi connectivity index (χ1n) is 11.7. The molecule has 34 heavy (non-hydrogen) atoms. The van der Waals surface area contributed by atoms with Crippen LogP contribution in [-0.2, 0) is 25.6 Å². The van der Waals surface area contributed by atoms with Gasteiger partial charge in [-0.1, -0.05) is 42.5 Å². The second-order valence-electron chi connectivity index (χ2n) is 8.47. The Hall–Kier alpha value is -3.45. The normalized spacial score (nSPS) is 18.8. The van der Waals surface area contributed by atoms with E-state index in [1.165, 1.54) is 0 Å². The number of benzene rings is 2. The van der Waals surface area contributed by atoms with Crippen molar-refractivity contribution in [3.05, 3.63) is 82.6 Å². The molecule has 2 heterocycles. The van der Waals surface area contributed by atoms with Crippen LogP contribution in [0.2, 0.25) is 0 Å². The van der Waals surface area contributed by atoms with Crippen LogP contribution in [0.25, 0.3) is 0 Å². The van der Waals surface area contributed by atoms with Gasteiger partial charge >= 0.3 is 5.97 Å². The number of rotatable bonds is 6. The molecule has 0 saturated carbocycles. The second-order valence-corrected chi connectivity index (χ2v) is 8.47. The van der Waals surface area contributed by atoms with Crippen LogP contribution in [0.4, 0.5) is 0 Å². The van der Waals surface area contributed by atoms with Crippen LogP contribution in [0, 0.1) is 0 Å². The number of amides is 2. The summed E-state index contributed by atoms with van der Waals surface area (Å²) < 4.78 is 10.7. The fraction of sp³-hybridized carbons (Fsp3) is 0.370. The van der Waals surface area contributed by atoms with E-state index >= 15 is 0 Å². The summed E-state index contributed by atoms with van der Waals surface area (Å²) in [6.45, 7) is 6.32. The number of hydrogen-bond acceptors (Lipinski definition) is 5. The lowest BCUT2D eigenvalue weighted by atomic mass is 9.83. The molecule has 4 rings (SSSR count). The van der Waals surface area contributed by atoms with Gasteiger partial charge in [0.15, 0.2) is 0 Å². The number of nitrogens with zero attached hydrogens (tertiary/aromatic N) is 2. The van der Waals surface area contributed by atoms with E-state index < -0.39 is 5.97 Å². The van der Waals surface area contributed by atoms with Gasteiger partial charge in [-0.25, -0.2) is 4.79 Å². The Labute approximate surface area is 199 Å². The molecule has 7 heteroatoms. The molecule has 2 aromatic rings. The maximum atomic E-state index is 13.2. The van der Waals surface area contributed by atoms with E-state index in [1.54, 1.807) is 29.7 Å². The van der Waals surface area contributed by atoms with E-state index in [0.717, 1.165) is 11.1 Å². The molecule has 1 unspecified atom stereocenters. The monoisotopic (exact) mass is 462 g/mol. The molecule has 1 atom stereocenters. The predicted octanol–water partition coefficient (Wildman–Crippen LogP) is 3.51. The van der Waals surface area contributed by atoms with Crippen molar-refractivity contribution in [2.45, 2.75) is 32.7 Å². The van der Waals surface area contributed by atoms with E-state index in [1.807, 2.05) is 48.5 Å². The Kier molecular flexibility index (Phi) is 7.43. The van der Waals surface area contributed by atoms with Crippen molar-refractivity contribution in [2.75, 3.05) is 32.9 Å². The van der Waals surface area contributed by atoms with Gasteiger partial charge < -0.3 is 19.3 Å². The maximum Gasteiger partial charge on any atom is 0.336 e. The second kappa shape index (κ2) is 10.7. The van der Waals surface area contributed by atoms with Crippen LogP contribution in [0.1, 0.15) is 47.7 Å². The minimum atomic E-state index is -0.400. The third kappa shape index (κ3) is 5.04. The van der Waals surface area contributed by atoms with Crippen LogP contribution in [-0.4, -0.2) is 60.5 Å². The average molecular weight is 463 g/mol. The van der Waals surface area contributed by atoms with Crippen LogP contribution in [0.15, 0.2) is 65.9 Å². The molecule has 2 amide bonds. The molecule has 0 spiro atoms. The molecule has 0 radical (unpaired) electrons. The van der Waals surface area contributed by atoms with Crippen LogP contribution < -0.4 is 0 Å². The molecule has 2 aliphatic heterocycles. The van der Waals surface area contributed by atoms with Crippen molar-refractivity contribution in [3.8, 4) is 0 Å². The summed E-state index contributed by atoms with van der Waals surface area (Å²) in [5, 5.41) is 0. The van der Waals surface area contributed by atoms with Crippen molar-refractivity contribution < 1.29 is 23.9 Å². The fourth-order valence-electron chi connectivity index (χ4n) is 4.58. The summed E-state index contributed by atoms with van der Waals surface area (Å²) in [4.78, 5) is 42.5. The van der Waals surface area contributed by atoms with Gasteiger partial charge in [0.1, 0.15) is 0 Å². The van der Waals surface area contributed by atoms with E-state index in [2.05, 4.69) is 0 Å². The number of hydrogen-bond donors (Lipinski definition) is 0. The van der Waals surface area contributed by atoms with E-state index in [9.17, 15) is 14.4 Å². The molecule has 0 aromatic heterocycles. The van der Waals surface area contributed by atoms with Crippen molar-refractivity contribution >= 4 is 17.8 Å². The topological polar surface area (TPSA) is 76.2 Å². The van der Waals surface area contributed by atoms with E-state index in [4.69, 9.17) is 9.47 Å². The number of allylic oxidation sites excluding steroid dienone is 1. The molecular formula is C27H30N2O5. The van der Waals surface area contributed by atoms with Gasteiger partial charge in [-0.3, -0.25) is 9.59 Å². The number of esters is 1. The molecule has 2 aromatic carbocycles. The Bertz CT molecular complexity index is 1090. The maximum absolute atomic E-state index is 13.2. The predicted molar refractivity (Wildman–Crippen MR) is 127 cm³/mol. The minimum absolute atomic E-state index is 0.0428. The summed E-state index contributed by atoms with van der Waals surface area (Å²) in [5.74, 6) is -0.858. The lowest BCUT2D eigenvalue weighted by molar-refractivity contribution is -0.140. The lowest BCUT2D eigenvalue weighted by Crippen LogP contribution is -2.40. The van der Waals surface area contributed by atoms with E-state index in [-0.39, 0.29) is 37.3 Å². The standard InChI is InChI=1S/C27H30N2O5/c1-3-34-27(32)25-19(2)29(24(30)17-23(25)21-9-5-4-6-10-21)18-20-8-7-11-22(16-20)26(31)28-12-14-33-15-13-28/h4-11,16,23H,3,12-15,17-18H2,1-2H3. The third-order valence-electron chi connectivity index (χ3n) is 6.33. The molecule has 2 aliphatic rings. The molecule has 0 aliphatic carbocycles. The molecule has 7 nitrogen and oxygen atoms in total. The van der Waals surface area contributed by atoms with Gasteiger partial charge in [0.05, 0.1) is 31.9 Å². The number of carbonyl (C=O) groups excluding carboxylic acids is 3. The molecule has 1 saturated heterocycles. The molecule has 178 valence electrons. The van der Waals surface area contributed by atoms with Gasteiger partial charge in [0, 0.05) is 36.7 Å². The Morgan fingerprint density at radius 1 is 1.06 bits per heavy atom. The first kappa shape index (κ1) is 23.7. The van der Waals surface area contributed by atoms with Gasteiger partial charge in [-0.2, -0.15) is 0 Å². The highest BCUT2D eigenvalue weighted by molar-refractivity contribution is 5.96. The number of carbonyl (C=O) groups is 3. The zero-order valence-corrected chi connectivity index (χ0v) is 19.7. The first-order valence-corrected chi connectivity index (χ1v) is 11.7. The summed E-state index contributed by atoms with van der Waals surface area (Å²) in [6, 6.07) is 16.9. The van der Waals surface area contributed by atoms with Crippen molar-refractivity contribution in [2.24, 2.45) is 0 Å². The lowest BCUT2D eigenvalue weighted by Gasteiger charge is -2.34. The van der Waals surface area contributed by atoms with Crippen LogP contribution >= 0.6 is 0 Å². The minimum Gasteiger partial charge on any atom is -0.463 e. The molecule has 0 bridgehead atoms. The molecular weight excluding hydrogens is 432 g/mol. The quantitative estimate of drug-likeness (QED) is 0.614. The van der Waals surface area contributed by atoms with Crippen molar-refractivity contribution in [3.63, 3.8) is 0 Å². The van der Waals surface area contributed by atoms with Crippen molar-refractivity contribution in [1.29, 1.82) is 0 Å². The summed E-state index contributed by atoms with van der Waals surface area (Å²) >= 11 is 0. The van der Waals surface area contributed by atoms with Gasteiger partial charge in [-0.15, -0.1) is 0 Å². The Balaban J connectivity index is 1.62. The van der Waals surface area contributed by atoms with Crippen LogP contribution in [0.3, 0.4) is 0 Å². The smallest absolute Gasteiger partial charge is 0.336 e. The zero-order valence-electron chi connectivity index (χ0n) is 19.7. The summed E-state index contributed by atoms with van der Waals surface area (Å²) in [5.41, 5.74) is 3.42. The highest BCUT2D eigenvalue weighted by Gasteiger charge is 2.36. The van der Waals surface area contributed by atoms with E-state index in [0.29, 0.717) is 43.1 Å². The first-order chi connectivity index (χ1) is 16.5. The molecule has 1 fully saturated rings. The largest absolute Gasteiger partial charge is 0.463 e. The van der Waals surface area contributed by atoms with Crippen LogP contribution in [0.5, 0.6) is 0 Å². The summed E-state index contributed by atoms with van der Waals surface area (Å²) in [6.07, 6.45) is 0.182. The van der Waals surface area contributed by atoms with Gasteiger partial charge in [-0.05, 0) is 37.1 Å². The van der Waals surface area contributed by atoms with Gasteiger partial charge in [0.2, 0.25) is 5.91 Å². The zero-order chi connectivity index (χ0) is 24.1. The Morgan fingerprint density at radius 3 is 2.50 bits per heavy atom. The highest BCUT2D eigenvalue weighted by atomic mass is 16.5. The Morgan fingerprint density at radius 2 is 1.79 bits per heavy atom. The third-order valence-corrected chi connectivity index (χ3v) is 6.33. The number of morpholine rings is 1. The molecule has 0 N–H and O–H groups in total. The SMILES string of the molecule is CCOC(=O)C1=C(C)N(Cc2cccc(C(=O)N3CCOCC3)c2)C(=O)CC1c1ccccc1. The summed E-state index contributed by atoms with van der Waals surface area (Å²) in [7, 11) is 0. The highest BCUT2D eigenvalue weighted by Crippen LogP contribution is 2.37. The fourth-order valence-corrected chi connectivity index (χ4v) is 4.58. The average Bonchev–Trinajstić information content (AvgIpc) is 2.87.